The van der Waals surface area contributed by atoms with Gasteiger partial charge in [0.1, 0.15) is 11.5 Å². The molecule has 0 saturated carbocycles. The summed E-state index contributed by atoms with van der Waals surface area (Å²) in [7, 11) is 1.68. The Kier molecular flexibility index (Phi) is 7.75. The van der Waals surface area contributed by atoms with Crippen molar-refractivity contribution in [3.05, 3.63) is 83.6 Å². The summed E-state index contributed by atoms with van der Waals surface area (Å²) in [6.07, 6.45) is 5.44. The van der Waals surface area contributed by atoms with Crippen molar-refractivity contribution in [3.8, 4) is 11.5 Å². The number of nitrogens with zero attached hydrogens (tertiary/aromatic N) is 3. The molecule has 1 atom stereocenters. The van der Waals surface area contributed by atoms with Crippen molar-refractivity contribution in [3.63, 3.8) is 0 Å². The number of rotatable bonds is 7. The Balaban J connectivity index is 1.31. The third-order valence-electron chi connectivity index (χ3n) is 5.90. The van der Waals surface area contributed by atoms with Crippen molar-refractivity contribution in [1.82, 2.24) is 15.1 Å². The van der Waals surface area contributed by atoms with E-state index < -0.39 is 0 Å². The van der Waals surface area contributed by atoms with E-state index in [0.717, 1.165) is 29.9 Å². The summed E-state index contributed by atoms with van der Waals surface area (Å²) in [6.45, 7) is 4.08. The highest BCUT2D eigenvalue weighted by Gasteiger charge is 2.24. The van der Waals surface area contributed by atoms with Gasteiger partial charge in [-0.3, -0.25) is 5.32 Å². The van der Waals surface area contributed by atoms with Gasteiger partial charge < -0.3 is 14.4 Å². The smallest absolute Gasteiger partial charge is 0.323 e. The van der Waals surface area contributed by atoms with Gasteiger partial charge in [0.15, 0.2) is 5.82 Å². The van der Waals surface area contributed by atoms with Gasteiger partial charge in [-0.2, -0.15) is 5.10 Å². The quantitative estimate of drug-likeness (QED) is 0.535. The first-order valence-corrected chi connectivity index (χ1v) is 11.5. The van der Waals surface area contributed by atoms with E-state index in [4.69, 9.17) is 9.47 Å². The van der Waals surface area contributed by atoms with Crippen LogP contribution in [0.1, 0.15) is 24.5 Å². The molecule has 0 bridgehead atoms. The molecule has 176 valence electrons. The molecule has 1 N–H and O–H groups in total. The Labute approximate surface area is 200 Å². The van der Waals surface area contributed by atoms with E-state index in [2.05, 4.69) is 46.7 Å². The fourth-order valence-electron chi connectivity index (χ4n) is 4.03. The zero-order valence-corrected chi connectivity index (χ0v) is 19.6. The maximum absolute atomic E-state index is 12.6. The summed E-state index contributed by atoms with van der Waals surface area (Å²) >= 11 is 0. The van der Waals surface area contributed by atoms with E-state index in [-0.39, 0.29) is 11.9 Å². The van der Waals surface area contributed by atoms with E-state index in [0.29, 0.717) is 25.5 Å². The topological polar surface area (TPSA) is 76.6 Å². The average molecular weight is 459 g/mol. The molecule has 0 spiro atoms. The van der Waals surface area contributed by atoms with E-state index >= 15 is 0 Å². The van der Waals surface area contributed by atoms with Crippen LogP contribution in [0.15, 0.2) is 72.4 Å². The first-order chi connectivity index (χ1) is 16.6. The molecular formula is C27H30N4O3. The minimum absolute atomic E-state index is 0.141. The molecule has 0 aliphatic carbocycles. The number of carbonyl (C=O) groups excluding carboxylic acids is 1. The number of amides is 2. The van der Waals surface area contributed by atoms with Crippen molar-refractivity contribution >= 4 is 17.9 Å². The molecule has 1 unspecified atom stereocenters. The second kappa shape index (κ2) is 11.3. The van der Waals surface area contributed by atoms with Gasteiger partial charge in [-0.15, -0.1) is 5.10 Å². The molecule has 2 aromatic carbocycles. The fraction of sp³-hybridized carbons (Fsp3) is 0.296. The van der Waals surface area contributed by atoms with Crippen LogP contribution in [-0.2, 0) is 6.42 Å². The van der Waals surface area contributed by atoms with Gasteiger partial charge in [0.25, 0.3) is 0 Å². The van der Waals surface area contributed by atoms with Crippen molar-refractivity contribution in [2.75, 3.05) is 32.1 Å². The van der Waals surface area contributed by atoms with Crippen LogP contribution in [0, 0.1) is 5.92 Å². The predicted octanol–water partition coefficient (Wildman–Crippen LogP) is 5.06. The maximum Gasteiger partial charge on any atom is 0.323 e. The zero-order valence-electron chi connectivity index (χ0n) is 19.6. The van der Waals surface area contributed by atoms with Crippen LogP contribution in [0.2, 0.25) is 0 Å². The number of ether oxygens (including phenoxy) is 2. The minimum atomic E-state index is -0.141. The first kappa shape index (κ1) is 23.3. The molecule has 2 heterocycles. The number of benzene rings is 2. The number of urea groups is 1. The van der Waals surface area contributed by atoms with Gasteiger partial charge in [0.05, 0.1) is 13.7 Å². The number of hydrogen-bond acceptors (Lipinski definition) is 5. The molecule has 1 saturated heterocycles. The van der Waals surface area contributed by atoms with Gasteiger partial charge in [0.2, 0.25) is 0 Å². The average Bonchev–Trinajstić information content (AvgIpc) is 2.86. The number of hydrogen-bond donors (Lipinski definition) is 1. The lowest BCUT2D eigenvalue weighted by atomic mass is 9.91. The van der Waals surface area contributed by atoms with Crippen molar-refractivity contribution in [2.45, 2.75) is 19.8 Å². The highest BCUT2D eigenvalue weighted by atomic mass is 16.5. The maximum atomic E-state index is 12.6. The molecule has 2 amide bonds. The number of piperidine rings is 1. The van der Waals surface area contributed by atoms with Crippen molar-refractivity contribution < 1.29 is 14.3 Å². The highest BCUT2D eigenvalue weighted by Crippen LogP contribution is 2.26. The van der Waals surface area contributed by atoms with Crippen LogP contribution >= 0.6 is 0 Å². The number of likely N-dealkylation sites (tertiary alicyclic amines) is 1. The van der Waals surface area contributed by atoms with Gasteiger partial charge in [-0.25, -0.2) is 4.79 Å². The summed E-state index contributed by atoms with van der Waals surface area (Å²) in [5.74, 6) is 2.44. The van der Waals surface area contributed by atoms with E-state index in [1.54, 1.807) is 25.4 Å². The number of aromatic nitrogens is 2. The molecule has 1 aromatic heterocycles. The molecule has 7 heteroatoms. The summed E-state index contributed by atoms with van der Waals surface area (Å²) in [4.78, 5) is 14.4. The normalized spacial score (nSPS) is 16.8. The Hall–Kier alpha value is -3.87. The number of methoxy groups -OCH3 is 1. The zero-order chi connectivity index (χ0) is 23.8. The van der Waals surface area contributed by atoms with E-state index in [9.17, 15) is 4.79 Å². The van der Waals surface area contributed by atoms with Crippen LogP contribution in [0.25, 0.3) is 6.08 Å². The molecule has 1 fully saturated rings. The molecule has 1 aliphatic rings. The minimum Gasteiger partial charge on any atom is -0.497 e. The summed E-state index contributed by atoms with van der Waals surface area (Å²) in [5, 5.41) is 10.5. The number of nitrogens with one attached hydrogen (secondary N) is 1. The summed E-state index contributed by atoms with van der Waals surface area (Å²) in [5.41, 5.74) is 3.62. The lowest BCUT2D eigenvalue weighted by Crippen LogP contribution is -2.42. The third kappa shape index (κ3) is 6.34. The van der Waals surface area contributed by atoms with Crippen LogP contribution in [-0.4, -0.2) is 47.9 Å². The first-order valence-electron chi connectivity index (χ1n) is 11.5. The fourth-order valence-corrected chi connectivity index (χ4v) is 4.03. The van der Waals surface area contributed by atoms with Crippen LogP contribution in [0.3, 0.4) is 0 Å². The highest BCUT2D eigenvalue weighted by molar-refractivity contribution is 5.88. The van der Waals surface area contributed by atoms with E-state index in [1.165, 1.54) is 11.1 Å². The van der Waals surface area contributed by atoms with Gasteiger partial charge >= 0.3 is 6.03 Å². The lowest BCUT2D eigenvalue weighted by molar-refractivity contribution is 0.197. The van der Waals surface area contributed by atoms with Gasteiger partial charge in [-0.05, 0) is 59.9 Å². The van der Waals surface area contributed by atoms with Crippen LogP contribution in [0.5, 0.6) is 11.5 Å². The summed E-state index contributed by atoms with van der Waals surface area (Å²) in [6, 6.07) is 19.5. The second-order valence-corrected chi connectivity index (χ2v) is 8.38. The molecule has 3 aromatic rings. The Morgan fingerprint density at radius 1 is 1.15 bits per heavy atom. The largest absolute Gasteiger partial charge is 0.497 e. The van der Waals surface area contributed by atoms with Gasteiger partial charge in [-0.1, -0.05) is 42.8 Å². The predicted molar refractivity (Wildman–Crippen MR) is 133 cm³/mol. The molecule has 4 rings (SSSR count). The van der Waals surface area contributed by atoms with Crippen LogP contribution in [0.4, 0.5) is 10.6 Å². The van der Waals surface area contributed by atoms with Crippen molar-refractivity contribution in [2.24, 2.45) is 5.92 Å². The van der Waals surface area contributed by atoms with E-state index in [1.807, 2.05) is 35.2 Å². The van der Waals surface area contributed by atoms with Crippen molar-refractivity contribution in [1.29, 1.82) is 0 Å². The monoisotopic (exact) mass is 458 g/mol. The third-order valence-corrected chi connectivity index (χ3v) is 5.90. The second-order valence-electron chi connectivity index (χ2n) is 8.38. The molecule has 1 aliphatic heterocycles. The SMILES string of the molecule is COc1cccc(CCOc2cccc(C=C3CCN(C(=O)Nc4cccnn4)CC3C)c2)c1. The lowest BCUT2D eigenvalue weighted by Gasteiger charge is -2.33. The Morgan fingerprint density at radius 2 is 2.00 bits per heavy atom. The van der Waals surface area contributed by atoms with Crippen LogP contribution < -0.4 is 14.8 Å². The molecule has 34 heavy (non-hydrogen) atoms. The molecule has 0 radical (unpaired) electrons. The Bertz CT molecular complexity index is 1130. The number of carbonyl (C=O) groups is 1. The standard InChI is InChI=1S/C27H30N4O3/c1-20-19-31(27(32)29-26-10-5-13-28-30-26)14-11-23(20)16-22-7-4-9-25(18-22)34-15-12-21-6-3-8-24(17-21)33-2/h3-10,13,16-18,20H,11-12,14-15,19H2,1-2H3,(H,29,30,32). The Morgan fingerprint density at radius 3 is 2.79 bits per heavy atom. The molecular weight excluding hydrogens is 428 g/mol. The number of anilines is 1. The van der Waals surface area contributed by atoms with Gasteiger partial charge in [0, 0.05) is 25.7 Å². The molecule has 7 nitrogen and oxygen atoms in total. The summed E-state index contributed by atoms with van der Waals surface area (Å²) < 4.78 is 11.3.